The van der Waals surface area contributed by atoms with Gasteiger partial charge < -0.3 is 6.42 Å². The topological polar surface area (TPSA) is 0 Å². The summed E-state index contributed by atoms with van der Waals surface area (Å²) >= 11 is 0. The van der Waals surface area contributed by atoms with E-state index in [1.54, 1.807) is 0 Å². The molecule has 0 amide bonds. The zero-order chi connectivity index (χ0) is 2.12. The Morgan fingerprint density at radius 1 is 1.25 bits per heavy atom. The monoisotopic (exact) mass is 48.1 g/mol. The largest absolute Gasteiger partial charge is 1.00 e. The molecule has 0 aromatic carbocycles. The SMILES string of the molecule is [CH-]1CC1.[Li+]. The first-order valence-corrected chi connectivity index (χ1v) is 1.32. The summed E-state index contributed by atoms with van der Waals surface area (Å²) in [5, 5.41) is 0. The third-order valence-electron chi connectivity index (χ3n) is 0.289. The molecule has 0 nitrogen and oxygen atoms in total. The van der Waals surface area contributed by atoms with Crippen LogP contribution in [0.5, 0.6) is 0 Å². The molecular formula is C3H5Li. The van der Waals surface area contributed by atoms with Crippen LogP contribution in [0.25, 0.3) is 0 Å². The quantitative estimate of drug-likeness (QED) is 0.219. The van der Waals surface area contributed by atoms with Crippen molar-refractivity contribution >= 4 is 0 Å². The molecule has 1 rings (SSSR count). The normalized spacial score (nSPS) is 18.0. The smallest absolute Gasteiger partial charge is 0.333 e. The van der Waals surface area contributed by atoms with Crippen LogP contribution in [0.2, 0.25) is 0 Å². The van der Waals surface area contributed by atoms with Gasteiger partial charge in [0.2, 0.25) is 0 Å². The Morgan fingerprint density at radius 2 is 1.50 bits per heavy atom. The van der Waals surface area contributed by atoms with Crippen molar-refractivity contribution < 1.29 is 18.9 Å². The van der Waals surface area contributed by atoms with Crippen molar-refractivity contribution in [2.24, 2.45) is 0 Å². The maximum absolute atomic E-state index is 2.25. The molecule has 0 aromatic rings. The zero-order valence-electron chi connectivity index (χ0n) is 2.99. The molecule has 0 spiro atoms. The van der Waals surface area contributed by atoms with E-state index in [0.717, 1.165) is 0 Å². The van der Waals surface area contributed by atoms with Gasteiger partial charge in [0.15, 0.2) is 0 Å². The summed E-state index contributed by atoms with van der Waals surface area (Å²) < 4.78 is 0. The molecule has 0 N–H and O–H groups in total. The maximum Gasteiger partial charge on any atom is 1.00 e. The fraction of sp³-hybridized carbons (Fsp3) is 0.667. The molecule has 4 heavy (non-hydrogen) atoms. The van der Waals surface area contributed by atoms with Gasteiger partial charge in [-0.1, -0.05) is 0 Å². The molecule has 1 heteroatoms. The first kappa shape index (κ1) is 4.60. The van der Waals surface area contributed by atoms with Crippen LogP contribution in [0.3, 0.4) is 0 Å². The van der Waals surface area contributed by atoms with Gasteiger partial charge in [-0.3, -0.25) is 0 Å². The van der Waals surface area contributed by atoms with E-state index in [4.69, 9.17) is 0 Å². The van der Waals surface area contributed by atoms with Crippen molar-refractivity contribution in [1.29, 1.82) is 0 Å². The molecule has 0 aliphatic heterocycles. The van der Waals surface area contributed by atoms with Gasteiger partial charge in [-0.2, -0.15) is 0 Å². The van der Waals surface area contributed by atoms with Crippen molar-refractivity contribution in [2.45, 2.75) is 12.8 Å². The Labute approximate surface area is 38.8 Å². The second kappa shape index (κ2) is 1.88. The summed E-state index contributed by atoms with van der Waals surface area (Å²) in [6.07, 6.45) is 5.00. The van der Waals surface area contributed by atoms with Crippen LogP contribution in [-0.2, 0) is 0 Å². The minimum atomic E-state index is 0. The van der Waals surface area contributed by atoms with Crippen molar-refractivity contribution in [3.8, 4) is 0 Å². The van der Waals surface area contributed by atoms with Gasteiger partial charge >= 0.3 is 18.9 Å². The molecule has 1 fully saturated rings. The fourth-order valence-electron chi connectivity index (χ4n) is 0. The number of hydrogen-bond acceptors (Lipinski definition) is 0. The molecule has 0 heterocycles. The molecule has 1 aliphatic carbocycles. The van der Waals surface area contributed by atoms with E-state index in [-0.39, 0.29) is 18.9 Å². The van der Waals surface area contributed by atoms with E-state index in [1.165, 1.54) is 12.8 Å². The van der Waals surface area contributed by atoms with Crippen LogP contribution in [-0.4, -0.2) is 0 Å². The van der Waals surface area contributed by atoms with Crippen molar-refractivity contribution in [3.63, 3.8) is 0 Å². The number of rotatable bonds is 0. The van der Waals surface area contributed by atoms with Gasteiger partial charge in [0, 0.05) is 0 Å². The standard InChI is InChI=1S/C3H5.Li/c1-2-3-1;/h1H,2-3H2;/q-1;+1. The van der Waals surface area contributed by atoms with Crippen LogP contribution < -0.4 is 18.9 Å². The Kier molecular flexibility index (Phi) is 2.16. The molecule has 0 bridgehead atoms. The third-order valence-corrected chi connectivity index (χ3v) is 0.289. The summed E-state index contributed by atoms with van der Waals surface area (Å²) in [5.74, 6) is 0. The van der Waals surface area contributed by atoms with Gasteiger partial charge in [0.05, 0.1) is 0 Å². The van der Waals surface area contributed by atoms with E-state index >= 15 is 0 Å². The predicted molar refractivity (Wildman–Crippen MR) is 13.5 cm³/mol. The van der Waals surface area contributed by atoms with Crippen molar-refractivity contribution in [1.82, 2.24) is 0 Å². The van der Waals surface area contributed by atoms with Crippen LogP contribution in [0.4, 0.5) is 0 Å². The third kappa shape index (κ3) is 2.60. The minimum absolute atomic E-state index is 0. The van der Waals surface area contributed by atoms with E-state index in [2.05, 4.69) is 6.42 Å². The van der Waals surface area contributed by atoms with Crippen LogP contribution in [0.1, 0.15) is 12.8 Å². The van der Waals surface area contributed by atoms with Crippen molar-refractivity contribution in [2.75, 3.05) is 0 Å². The van der Waals surface area contributed by atoms with Crippen LogP contribution in [0, 0.1) is 6.42 Å². The number of hydrogen-bond donors (Lipinski definition) is 0. The average molecular weight is 48.0 g/mol. The molecular weight excluding hydrogens is 43.0 g/mol. The molecule has 0 atom stereocenters. The second-order valence-corrected chi connectivity index (χ2v) is 0.866. The van der Waals surface area contributed by atoms with Gasteiger partial charge in [0.1, 0.15) is 0 Å². The average Bonchev–Trinajstić information content (AvgIpc) is 1.46. The first-order chi connectivity index (χ1) is 1.50. The Balaban J connectivity index is 0.0000000900. The molecule has 0 aromatic heterocycles. The summed E-state index contributed by atoms with van der Waals surface area (Å²) in [5.41, 5.74) is 0. The summed E-state index contributed by atoms with van der Waals surface area (Å²) in [6, 6.07) is 0. The van der Waals surface area contributed by atoms with E-state index in [9.17, 15) is 0 Å². The van der Waals surface area contributed by atoms with E-state index < -0.39 is 0 Å². The Hall–Kier alpha value is 0.597. The Morgan fingerprint density at radius 3 is 1.50 bits per heavy atom. The minimum Gasteiger partial charge on any atom is -0.333 e. The molecule has 1 saturated carbocycles. The van der Waals surface area contributed by atoms with E-state index in [0.29, 0.717) is 0 Å². The van der Waals surface area contributed by atoms with Gasteiger partial charge in [-0.05, 0) is 0 Å². The molecule has 0 radical (unpaired) electrons. The molecule has 1 aliphatic rings. The van der Waals surface area contributed by atoms with Gasteiger partial charge in [-0.25, -0.2) is 12.8 Å². The zero-order valence-corrected chi connectivity index (χ0v) is 2.99. The molecule has 0 saturated heterocycles. The fourth-order valence-corrected chi connectivity index (χ4v) is 0. The summed E-state index contributed by atoms with van der Waals surface area (Å²) in [7, 11) is 0. The van der Waals surface area contributed by atoms with Gasteiger partial charge in [-0.15, -0.1) is 0 Å². The van der Waals surface area contributed by atoms with Crippen LogP contribution in [0.15, 0.2) is 0 Å². The maximum atomic E-state index is 2.25. The van der Waals surface area contributed by atoms with Crippen molar-refractivity contribution in [3.05, 3.63) is 6.42 Å². The first-order valence-electron chi connectivity index (χ1n) is 1.32. The summed E-state index contributed by atoms with van der Waals surface area (Å²) in [4.78, 5) is 0. The molecule has 0 unspecified atom stereocenters. The predicted octanol–water partition coefficient (Wildman–Crippen LogP) is -2.01. The summed E-state index contributed by atoms with van der Waals surface area (Å²) in [6.45, 7) is 0. The second-order valence-electron chi connectivity index (χ2n) is 0.866. The van der Waals surface area contributed by atoms with Crippen LogP contribution >= 0.6 is 0 Å². The molecule has 18 valence electrons. The van der Waals surface area contributed by atoms with Gasteiger partial charge in [0.25, 0.3) is 0 Å². The van der Waals surface area contributed by atoms with E-state index in [1.807, 2.05) is 0 Å². The Bertz CT molecular complexity index is 8.00.